The summed E-state index contributed by atoms with van der Waals surface area (Å²) in [4.78, 5) is 5.37. The van der Waals surface area contributed by atoms with Gasteiger partial charge in [0.25, 0.3) is 0 Å². The number of halogens is 1. The van der Waals surface area contributed by atoms with Crippen molar-refractivity contribution in [3.63, 3.8) is 0 Å². The number of thioether (sulfide) groups is 1. The van der Waals surface area contributed by atoms with Crippen molar-refractivity contribution in [1.29, 1.82) is 0 Å². The van der Waals surface area contributed by atoms with E-state index >= 15 is 0 Å². The summed E-state index contributed by atoms with van der Waals surface area (Å²) in [5.41, 5.74) is 0. The van der Waals surface area contributed by atoms with Crippen LogP contribution >= 0.6 is 27.7 Å². The first kappa shape index (κ1) is 15.0. The average Bonchev–Trinajstić information content (AvgIpc) is 2.38. The number of unbranched alkanes of at least 4 members (excludes halogenated alkanes) is 6. The van der Waals surface area contributed by atoms with E-state index in [1.807, 2.05) is 24.2 Å². The van der Waals surface area contributed by atoms with Crippen molar-refractivity contribution in [2.24, 2.45) is 0 Å². The molecular formula is C14H22BrNS. The van der Waals surface area contributed by atoms with Crippen molar-refractivity contribution in [2.75, 3.05) is 11.1 Å². The number of rotatable bonds is 10. The van der Waals surface area contributed by atoms with Crippen molar-refractivity contribution in [2.45, 2.75) is 49.8 Å². The summed E-state index contributed by atoms with van der Waals surface area (Å²) in [6.45, 7) is 0. The highest BCUT2D eigenvalue weighted by atomic mass is 79.9. The first-order valence-corrected chi connectivity index (χ1v) is 8.63. The number of hydrogen-bond donors (Lipinski definition) is 0. The van der Waals surface area contributed by atoms with Gasteiger partial charge in [-0.2, -0.15) is 0 Å². The number of pyridine rings is 1. The Morgan fingerprint density at radius 2 is 1.47 bits per heavy atom. The minimum Gasteiger partial charge on any atom is -0.265 e. The Labute approximate surface area is 118 Å². The molecule has 0 spiro atoms. The minimum absolute atomic E-state index is 1.16. The van der Waals surface area contributed by atoms with Crippen molar-refractivity contribution >= 4 is 27.7 Å². The summed E-state index contributed by atoms with van der Waals surface area (Å²) in [7, 11) is 0. The molecule has 96 valence electrons. The largest absolute Gasteiger partial charge is 0.265 e. The molecule has 0 unspecified atom stereocenters. The molecule has 0 aliphatic rings. The lowest BCUT2D eigenvalue weighted by Gasteiger charge is -2.02. The highest BCUT2D eigenvalue weighted by molar-refractivity contribution is 9.09. The summed E-state index contributed by atoms with van der Waals surface area (Å²) in [5, 5.41) is 1.16. The molecule has 0 saturated heterocycles. The van der Waals surface area contributed by atoms with Gasteiger partial charge in [-0.25, -0.2) is 0 Å². The summed E-state index contributed by atoms with van der Waals surface area (Å²) >= 11 is 5.41. The van der Waals surface area contributed by atoms with Crippen LogP contribution in [0.3, 0.4) is 0 Å². The van der Waals surface area contributed by atoms with E-state index in [1.165, 1.54) is 55.6 Å². The molecule has 0 aliphatic heterocycles. The molecule has 1 aromatic rings. The minimum atomic E-state index is 1.16. The lowest BCUT2D eigenvalue weighted by atomic mass is 10.1. The number of alkyl halides is 1. The molecular weight excluding hydrogens is 294 g/mol. The monoisotopic (exact) mass is 315 g/mol. The van der Waals surface area contributed by atoms with Gasteiger partial charge in [0.1, 0.15) is 0 Å². The molecule has 0 N–H and O–H groups in total. The third kappa shape index (κ3) is 8.67. The number of hydrogen-bond acceptors (Lipinski definition) is 2. The molecule has 0 radical (unpaired) electrons. The van der Waals surface area contributed by atoms with Gasteiger partial charge in [-0.15, -0.1) is 11.8 Å². The van der Waals surface area contributed by atoms with Crippen LogP contribution in [-0.4, -0.2) is 16.1 Å². The van der Waals surface area contributed by atoms with Crippen LogP contribution in [0, 0.1) is 0 Å². The molecule has 1 heterocycles. The fraction of sp³-hybridized carbons (Fsp3) is 0.643. The Kier molecular flexibility index (Phi) is 9.81. The summed E-state index contributed by atoms with van der Waals surface area (Å²) in [6.07, 6.45) is 13.4. The van der Waals surface area contributed by atoms with Crippen LogP contribution < -0.4 is 0 Å². The Bertz CT molecular complexity index is 266. The van der Waals surface area contributed by atoms with Crippen LogP contribution in [0.25, 0.3) is 0 Å². The van der Waals surface area contributed by atoms with Gasteiger partial charge >= 0.3 is 0 Å². The van der Waals surface area contributed by atoms with Gasteiger partial charge in [0.2, 0.25) is 0 Å². The van der Waals surface area contributed by atoms with Gasteiger partial charge in [0.15, 0.2) is 0 Å². The fourth-order valence-corrected chi connectivity index (χ4v) is 3.00. The Hall–Kier alpha value is -0.0200. The van der Waals surface area contributed by atoms with Gasteiger partial charge in [-0.05, 0) is 30.7 Å². The zero-order valence-corrected chi connectivity index (χ0v) is 12.8. The third-order valence-corrected chi connectivity index (χ3v) is 4.36. The Morgan fingerprint density at radius 1 is 0.882 bits per heavy atom. The molecule has 0 bridgehead atoms. The molecule has 0 amide bonds. The van der Waals surface area contributed by atoms with E-state index in [0.29, 0.717) is 0 Å². The lowest BCUT2D eigenvalue weighted by molar-refractivity contribution is 0.606. The van der Waals surface area contributed by atoms with Crippen molar-refractivity contribution in [3.8, 4) is 0 Å². The van der Waals surface area contributed by atoms with Crippen LogP contribution in [0.5, 0.6) is 0 Å². The Balaban J connectivity index is 1.85. The first-order chi connectivity index (χ1) is 8.43. The van der Waals surface area contributed by atoms with Crippen LogP contribution in [0.1, 0.15) is 44.9 Å². The topological polar surface area (TPSA) is 12.9 Å². The van der Waals surface area contributed by atoms with E-state index < -0.39 is 0 Å². The predicted molar refractivity (Wildman–Crippen MR) is 81.1 cm³/mol. The second-order valence-corrected chi connectivity index (χ2v) is 6.16. The SMILES string of the molecule is BrCCCCCCCCCSc1ccncc1. The summed E-state index contributed by atoms with van der Waals surface area (Å²) in [6, 6.07) is 4.18. The van der Waals surface area contributed by atoms with Crippen LogP contribution in [0.2, 0.25) is 0 Å². The van der Waals surface area contributed by atoms with E-state index in [4.69, 9.17) is 0 Å². The van der Waals surface area contributed by atoms with E-state index in [-0.39, 0.29) is 0 Å². The second-order valence-electron chi connectivity index (χ2n) is 4.20. The lowest BCUT2D eigenvalue weighted by Crippen LogP contribution is -1.84. The van der Waals surface area contributed by atoms with Gasteiger partial charge in [0, 0.05) is 22.6 Å². The molecule has 0 aromatic carbocycles. The molecule has 0 fully saturated rings. The highest BCUT2D eigenvalue weighted by Gasteiger charge is 1.94. The Morgan fingerprint density at radius 3 is 2.12 bits per heavy atom. The maximum atomic E-state index is 4.02. The van der Waals surface area contributed by atoms with E-state index in [2.05, 4.69) is 33.0 Å². The fourth-order valence-electron chi connectivity index (χ4n) is 1.70. The highest BCUT2D eigenvalue weighted by Crippen LogP contribution is 2.18. The van der Waals surface area contributed by atoms with Crippen molar-refractivity contribution in [1.82, 2.24) is 4.98 Å². The molecule has 0 saturated carbocycles. The van der Waals surface area contributed by atoms with Crippen molar-refractivity contribution in [3.05, 3.63) is 24.5 Å². The van der Waals surface area contributed by atoms with Gasteiger partial charge in [-0.3, -0.25) is 4.98 Å². The molecule has 1 rings (SSSR count). The smallest absolute Gasteiger partial charge is 0.0278 e. The zero-order valence-electron chi connectivity index (χ0n) is 10.4. The van der Waals surface area contributed by atoms with Crippen molar-refractivity contribution < 1.29 is 0 Å². The normalized spacial score (nSPS) is 10.6. The van der Waals surface area contributed by atoms with Crippen LogP contribution in [0.4, 0.5) is 0 Å². The van der Waals surface area contributed by atoms with E-state index in [0.717, 1.165) is 5.33 Å². The zero-order chi connectivity index (χ0) is 12.2. The molecule has 0 atom stereocenters. The maximum Gasteiger partial charge on any atom is 0.0278 e. The molecule has 1 aromatic heterocycles. The summed E-state index contributed by atoms with van der Waals surface area (Å²) < 4.78 is 0. The van der Waals surface area contributed by atoms with E-state index in [1.54, 1.807) is 0 Å². The molecule has 3 heteroatoms. The third-order valence-electron chi connectivity index (χ3n) is 2.70. The standard InChI is InChI=1S/C14H22BrNS/c15-10-6-4-2-1-3-5-7-13-17-14-8-11-16-12-9-14/h8-9,11-12H,1-7,10,13H2. The summed E-state index contributed by atoms with van der Waals surface area (Å²) in [5.74, 6) is 1.24. The van der Waals surface area contributed by atoms with Gasteiger partial charge < -0.3 is 0 Å². The van der Waals surface area contributed by atoms with Gasteiger partial charge in [-0.1, -0.05) is 48.0 Å². The maximum absolute atomic E-state index is 4.02. The second kappa shape index (κ2) is 11.1. The molecule has 0 aliphatic carbocycles. The van der Waals surface area contributed by atoms with Crippen LogP contribution in [-0.2, 0) is 0 Å². The first-order valence-electron chi connectivity index (χ1n) is 6.52. The molecule has 1 nitrogen and oxygen atoms in total. The van der Waals surface area contributed by atoms with Crippen LogP contribution in [0.15, 0.2) is 29.4 Å². The average molecular weight is 316 g/mol. The predicted octanol–water partition coefficient (Wildman–Crippen LogP) is 5.30. The quantitative estimate of drug-likeness (QED) is 0.330. The van der Waals surface area contributed by atoms with Gasteiger partial charge in [0.05, 0.1) is 0 Å². The molecule has 17 heavy (non-hydrogen) atoms. The number of nitrogens with zero attached hydrogens (tertiary/aromatic N) is 1. The van der Waals surface area contributed by atoms with E-state index in [9.17, 15) is 0 Å². The number of aromatic nitrogens is 1.